The number of aliphatic carboxylic acids is 1. The van der Waals surface area contributed by atoms with Gasteiger partial charge in [0.15, 0.2) is 0 Å². The molecule has 0 amide bonds. The van der Waals surface area contributed by atoms with Gasteiger partial charge in [-0.05, 0) is 47.9 Å². The Balaban J connectivity index is 1.36. The minimum Gasteiger partial charge on any atom is -0.480 e. The second-order valence-electron chi connectivity index (χ2n) is 8.86. The summed E-state index contributed by atoms with van der Waals surface area (Å²) in [4.78, 5) is 14.8. The topological polar surface area (TPSA) is 108 Å². The number of aliphatic hydroxyl groups excluding tert-OH is 2. The Kier molecular flexibility index (Phi) is 7.57. The van der Waals surface area contributed by atoms with Crippen LogP contribution in [0.15, 0.2) is 67.0 Å². The van der Waals surface area contributed by atoms with Gasteiger partial charge in [-0.1, -0.05) is 60.7 Å². The lowest BCUT2D eigenvalue weighted by atomic mass is 9.75. The van der Waals surface area contributed by atoms with E-state index < -0.39 is 12.1 Å². The fourth-order valence-corrected chi connectivity index (χ4v) is 4.42. The van der Waals surface area contributed by atoms with Gasteiger partial charge < -0.3 is 25.2 Å². The van der Waals surface area contributed by atoms with Crippen molar-refractivity contribution in [3.8, 4) is 11.1 Å². The van der Waals surface area contributed by atoms with Crippen LogP contribution < -0.4 is 5.32 Å². The summed E-state index contributed by atoms with van der Waals surface area (Å²) in [6.07, 6.45) is 8.50. The Bertz CT molecular complexity index is 1110. The highest BCUT2D eigenvalue weighted by molar-refractivity contribution is 5.69. The molecule has 0 saturated heterocycles. The van der Waals surface area contributed by atoms with Crippen LogP contribution in [0.25, 0.3) is 17.2 Å². The first-order valence-electron chi connectivity index (χ1n) is 11.6. The first-order chi connectivity index (χ1) is 16.4. The second kappa shape index (κ2) is 10.8. The summed E-state index contributed by atoms with van der Waals surface area (Å²) in [6.45, 7) is 1.59. The van der Waals surface area contributed by atoms with Crippen molar-refractivity contribution in [2.45, 2.75) is 43.9 Å². The Morgan fingerprint density at radius 1 is 1.15 bits per heavy atom. The molecule has 1 unspecified atom stereocenters. The van der Waals surface area contributed by atoms with E-state index in [1.807, 2.05) is 24.3 Å². The summed E-state index contributed by atoms with van der Waals surface area (Å²) in [5, 5.41) is 31.5. The zero-order valence-corrected chi connectivity index (χ0v) is 19.2. The van der Waals surface area contributed by atoms with Crippen molar-refractivity contribution in [2.24, 2.45) is 0 Å². The number of nitrogens with zero attached hydrogens (tertiary/aromatic N) is 2. The van der Waals surface area contributed by atoms with Crippen molar-refractivity contribution >= 4 is 12.0 Å². The highest BCUT2D eigenvalue weighted by Gasteiger charge is 2.30. The van der Waals surface area contributed by atoms with Crippen molar-refractivity contribution in [2.75, 3.05) is 13.2 Å². The van der Waals surface area contributed by atoms with Crippen molar-refractivity contribution in [3.05, 3.63) is 84.0 Å². The largest absolute Gasteiger partial charge is 0.480 e. The summed E-state index contributed by atoms with van der Waals surface area (Å²) < 4.78 is 1.78. The predicted molar refractivity (Wildman–Crippen MR) is 131 cm³/mol. The fraction of sp³-hybridized carbons (Fsp3) is 0.333. The third kappa shape index (κ3) is 5.62. The average Bonchev–Trinajstić information content (AvgIpc) is 3.29. The fourth-order valence-electron chi connectivity index (χ4n) is 4.42. The highest BCUT2D eigenvalue weighted by Crippen LogP contribution is 2.37. The molecule has 1 aliphatic rings. The predicted octanol–water partition coefficient (Wildman–Crippen LogP) is 3.77. The third-order valence-electron chi connectivity index (χ3n) is 6.43. The van der Waals surface area contributed by atoms with Gasteiger partial charge in [0, 0.05) is 18.4 Å². The second-order valence-corrected chi connectivity index (χ2v) is 8.86. The SMILES string of the molecule is C[C@H](O)c1nccn1C(/C=C/c1ccc(-c2ccc(C3CC(NCC(=O)O)C3)cc2)cc1)CO. The van der Waals surface area contributed by atoms with Crippen molar-refractivity contribution in [1.82, 2.24) is 14.9 Å². The maximum absolute atomic E-state index is 10.7. The van der Waals surface area contributed by atoms with Gasteiger partial charge in [-0.15, -0.1) is 0 Å². The van der Waals surface area contributed by atoms with Gasteiger partial charge in [-0.2, -0.15) is 0 Å². The van der Waals surface area contributed by atoms with Crippen LogP contribution in [0, 0.1) is 0 Å². The molecule has 1 aromatic heterocycles. The molecule has 1 aliphatic carbocycles. The number of nitrogens with one attached hydrogen (secondary N) is 1. The molecule has 0 spiro atoms. The Hall–Kier alpha value is -3.26. The van der Waals surface area contributed by atoms with Gasteiger partial charge in [-0.25, -0.2) is 4.98 Å². The van der Waals surface area contributed by atoms with Crippen molar-refractivity contribution < 1.29 is 20.1 Å². The third-order valence-corrected chi connectivity index (χ3v) is 6.43. The molecule has 1 heterocycles. The van der Waals surface area contributed by atoms with Crippen molar-refractivity contribution in [3.63, 3.8) is 0 Å². The van der Waals surface area contributed by atoms with E-state index in [0.29, 0.717) is 17.8 Å². The summed E-state index contributed by atoms with van der Waals surface area (Å²) in [6, 6.07) is 16.8. The molecule has 0 bridgehead atoms. The molecule has 0 aliphatic heterocycles. The summed E-state index contributed by atoms with van der Waals surface area (Å²) >= 11 is 0. The summed E-state index contributed by atoms with van der Waals surface area (Å²) in [5.41, 5.74) is 4.59. The van der Waals surface area contributed by atoms with E-state index in [1.54, 1.807) is 23.9 Å². The number of carbonyl (C=O) groups is 1. The smallest absolute Gasteiger partial charge is 0.317 e. The number of benzene rings is 2. The maximum Gasteiger partial charge on any atom is 0.317 e. The molecule has 7 heteroatoms. The van der Waals surface area contributed by atoms with E-state index in [2.05, 4.69) is 46.7 Å². The van der Waals surface area contributed by atoms with Gasteiger partial charge in [0.2, 0.25) is 0 Å². The lowest BCUT2D eigenvalue weighted by Gasteiger charge is -2.36. The molecular weight excluding hydrogens is 430 g/mol. The monoisotopic (exact) mass is 461 g/mol. The Morgan fingerprint density at radius 2 is 1.79 bits per heavy atom. The molecule has 1 saturated carbocycles. The number of imidazole rings is 1. The van der Waals surface area contributed by atoms with Crippen LogP contribution in [0.2, 0.25) is 0 Å². The van der Waals surface area contributed by atoms with Crippen LogP contribution in [-0.4, -0.2) is 50.0 Å². The van der Waals surface area contributed by atoms with E-state index >= 15 is 0 Å². The lowest BCUT2D eigenvalue weighted by molar-refractivity contribution is -0.136. The van der Waals surface area contributed by atoms with Gasteiger partial charge in [0.25, 0.3) is 0 Å². The Labute approximate surface area is 199 Å². The van der Waals surface area contributed by atoms with Gasteiger partial charge in [0.05, 0.1) is 19.2 Å². The zero-order valence-electron chi connectivity index (χ0n) is 19.2. The molecule has 178 valence electrons. The van der Waals surface area contributed by atoms with Gasteiger partial charge in [-0.3, -0.25) is 4.79 Å². The highest BCUT2D eigenvalue weighted by atomic mass is 16.4. The summed E-state index contributed by atoms with van der Waals surface area (Å²) in [7, 11) is 0. The van der Waals surface area contributed by atoms with E-state index in [1.165, 1.54) is 5.56 Å². The van der Waals surface area contributed by atoms with Crippen LogP contribution in [0.4, 0.5) is 0 Å². The quantitative estimate of drug-likeness (QED) is 0.366. The first kappa shape index (κ1) is 23.9. The molecule has 2 atom stereocenters. The average molecular weight is 462 g/mol. The van der Waals surface area contributed by atoms with Crippen molar-refractivity contribution in [1.29, 1.82) is 0 Å². The van der Waals surface area contributed by atoms with E-state index in [4.69, 9.17) is 5.11 Å². The molecule has 3 aromatic rings. The van der Waals surface area contributed by atoms with Crippen LogP contribution in [-0.2, 0) is 4.79 Å². The standard InChI is InChI=1S/C27H31N3O4/c1-18(32)27-28-12-13-30(27)25(17-31)11-4-19-2-5-20(6-3-19)21-7-9-22(10-8-21)23-14-24(15-23)29-16-26(33)34/h2-13,18,23-25,29,31-32H,14-17H2,1H3,(H,33,34)/b11-4+/t18-,23?,24?,25?/m0/s1. The molecule has 2 aromatic carbocycles. The molecule has 4 rings (SSSR count). The minimum atomic E-state index is -0.814. The zero-order chi connectivity index (χ0) is 24.1. The molecule has 34 heavy (non-hydrogen) atoms. The van der Waals surface area contributed by atoms with Crippen LogP contribution in [0.5, 0.6) is 0 Å². The number of carboxylic acids is 1. The molecule has 4 N–H and O–H groups in total. The Morgan fingerprint density at radius 3 is 2.38 bits per heavy atom. The van der Waals surface area contributed by atoms with Crippen LogP contribution >= 0.6 is 0 Å². The number of rotatable bonds is 10. The number of aliphatic hydroxyl groups is 2. The normalized spacial score (nSPS) is 19.6. The number of hydrogen-bond acceptors (Lipinski definition) is 5. The lowest BCUT2D eigenvalue weighted by Crippen LogP contribution is -2.42. The molecule has 0 radical (unpaired) electrons. The molecular formula is C27H31N3O4. The van der Waals surface area contributed by atoms with Gasteiger partial charge >= 0.3 is 5.97 Å². The van der Waals surface area contributed by atoms with E-state index in [9.17, 15) is 15.0 Å². The number of carboxylic acid groups (broad SMARTS) is 1. The minimum absolute atomic E-state index is 0.0224. The summed E-state index contributed by atoms with van der Waals surface area (Å²) in [5.74, 6) is 0.194. The number of hydrogen-bond donors (Lipinski definition) is 4. The number of aromatic nitrogens is 2. The van der Waals surface area contributed by atoms with E-state index in [-0.39, 0.29) is 19.2 Å². The van der Waals surface area contributed by atoms with Crippen LogP contribution in [0.1, 0.15) is 54.8 Å². The molecule has 7 nitrogen and oxygen atoms in total. The van der Waals surface area contributed by atoms with E-state index in [0.717, 1.165) is 29.5 Å². The molecule has 1 fully saturated rings. The first-order valence-corrected chi connectivity index (χ1v) is 11.6. The van der Waals surface area contributed by atoms with Gasteiger partial charge in [0.1, 0.15) is 11.9 Å². The van der Waals surface area contributed by atoms with Crippen LogP contribution in [0.3, 0.4) is 0 Å². The maximum atomic E-state index is 10.7.